The third-order valence-electron chi connectivity index (χ3n) is 4.63. The second-order valence-electron chi connectivity index (χ2n) is 6.37. The zero-order valence-corrected chi connectivity index (χ0v) is 15.1. The van der Waals surface area contributed by atoms with Crippen LogP contribution in [-0.4, -0.2) is 70.6 Å². The molecule has 9 nitrogen and oxygen atoms in total. The molecule has 0 aliphatic carbocycles. The molecule has 0 unspecified atom stereocenters. The number of amides is 1. The van der Waals surface area contributed by atoms with E-state index in [1.54, 1.807) is 11.1 Å². The molecule has 1 aromatic carbocycles. The van der Waals surface area contributed by atoms with Crippen LogP contribution in [0.3, 0.4) is 0 Å². The maximum Gasteiger partial charge on any atom is 0.248 e. The summed E-state index contributed by atoms with van der Waals surface area (Å²) >= 11 is 0. The Hall–Kier alpha value is -3.20. The number of benzene rings is 1. The number of nitrogens with two attached hydrogens (primary N) is 1. The van der Waals surface area contributed by atoms with Crippen LogP contribution < -0.4 is 10.6 Å². The van der Waals surface area contributed by atoms with E-state index in [2.05, 4.69) is 24.8 Å². The Balaban J connectivity index is 1.55. The lowest BCUT2D eigenvalue weighted by atomic mass is 10.3. The average molecular weight is 367 g/mol. The van der Waals surface area contributed by atoms with Gasteiger partial charge in [-0.2, -0.15) is 0 Å². The number of nitrogens with zero attached hydrogens (tertiary/aromatic N) is 5. The molecule has 3 heterocycles. The first-order chi connectivity index (χ1) is 13.2. The fourth-order valence-electron chi connectivity index (χ4n) is 3.18. The summed E-state index contributed by atoms with van der Waals surface area (Å²) in [5.74, 6) is 1.64. The third kappa shape index (κ3) is 3.41. The zero-order chi connectivity index (χ0) is 18.8. The molecule has 1 aliphatic heterocycles. The van der Waals surface area contributed by atoms with Gasteiger partial charge in [0.15, 0.2) is 17.3 Å². The van der Waals surface area contributed by atoms with E-state index in [9.17, 15) is 4.79 Å². The molecule has 0 atom stereocenters. The van der Waals surface area contributed by atoms with Crippen molar-refractivity contribution in [1.82, 2.24) is 24.8 Å². The Morgan fingerprint density at radius 2 is 2.00 bits per heavy atom. The summed E-state index contributed by atoms with van der Waals surface area (Å²) in [5, 5.41) is 0. The monoisotopic (exact) mass is 367 g/mol. The number of piperazine rings is 1. The molecule has 2 aromatic heterocycles. The number of nitrogen functional groups attached to an aromatic ring is 1. The number of carbonyl (C=O) groups is 1. The Bertz CT molecular complexity index is 930. The van der Waals surface area contributed by atoms with E-state index in [1.807, 2.05) is 24.3 Å². The van der Waals surface area contributed by atoms with E-state index < -0.39 is 0 Å². The predicted molar refractivity (Wildman–Crippen MR) is 102 cm³/mol. The summed E-state index contributed by atoms with van der Waals surface area (Å²) in [7, 11) is 1.53. The van der Waals surface area contributed by atoms with Gasteiger partial charge in [-0.25, -0.2) is 15.0 Å². The molecular weight excluding hydrogens is 346 g/mol. The number of fused-ring (bicyclic) bond motifs is 1. The Labute approximate surface area is 156 Å². The van der Waals surface area contributed by atoms with Crippen LogP contribution in [0, 0.1) is 0 Å². The summed E-state index contributed by atoms with van der Waals surface area (Å²) in [6.45, 7) is 2.70. The van der Waals surface area contributed by atoms with Crippen LogP contribution in [-0.2, 0) is 9.53 Å². The van der Waals surface area contributed by atoms with Gasteiger partial charge in [-0.15, -0.1) is 0 Å². The van der Waals surface area contributed by atoms with Crippen molar-refractivity contribution in [3.63, 3.8) is 0 Å². The molecule has 4 rings (SSSR count). The second-order valence-corrected chi connectivity index (χ2v) is 6.37. The number of hydrogen-bond acceptors (Lipinski definition) is 7. The van der Waals surface area contributed by atoms with Crippen molar-refractivity contribution in [3.8, 4) is 11.5 Å². The third-order valence-corrected chi connectivity index (χ3v) is 4.63. The van der Waals surface area contributed by atoms with Gasteiger partial charge in [0.25, 0.3) is 0 Å². The summed E-state index contributed by atoms with van der Waals surface area (Å²) in [6.07, 6.45) is 1.66. The van der Waals surface area contributed by atoms with Crippen molar-refractivity contribution in [2.75, 3.05) is 50.5 Å². The fraction of sp³-hybridized carbons (Fsp3) is 0.333. The normalized spacial score (nSPS) is 14.7. The minimum absolute atomic E-state index is 0.00325. The topological polar surface area (TPSA) is 113 Å². The molecule has 3 aromatic rings. The first kappa shape index (κ1) is 17.2. The van der Waals surface area contributed by atoms with Gasteiger partial charge in [-0.3, -0.25) is 4.79 Å². The minimum atomic E-state index is 0.00325. The fourth-order valence-corrected chi connectivity index (χ4v) is 3.18. The smallest absolute Gasteiger partial charge is 0.248 e. The van der Waals surface area contributed by atoms with Crippen molar-refractivity contribution >= 4 is 28.6 Å². The number of methoxy groups -OCH3 is 1. The van der Waals surface area contributed by atoms with Crippen LogP contribution in [0.2, 0.25) is 0 Å². The van der Waals surface area contributed by atoms with E-state index in [0.29, 0.717) is 43.5 Å². The molecule has 0 radical (unpaired) electrons. The highest BCUT2D eigenvalue weighted by Crippen LogP contribution is 2.25. The number of anilines is 2. The zero-order valence-electron chi connectivity index (χ0n) is 15.1. The van der Waals surface area contributed by atoms with Crippen LogP contribution in [0.15, 0.2) is 30.5 Å². The lowest BCUT2D eigenvalue weighted by molar-refractivity contribution is -0.135. The van der Waals surface area contributed by atoms with Gasteiger partial charge in [0.2, 0.25) is 5.91 Å². The molecule has 1 saturated heterocycles. The molecule has 9 heteroatoms. The maximum atomic E-state index is 11.9. The molecule has 0 bridgehead atoms. The summed E-state index contributed by atoms with van der Waals surface area (Å²) < 4.78 is 4.92. The van der Waals surface area contributed by atoms with Crippen LogP contribution in [0.1, 0.15) is 0 Å². The number of nitrogens with one attached hydrogen (secondary N) is 1. The molecule has 27 heavy (non-hydrogen) atoms. The standard InChI is InChI=1S/C18H21N7O2/c1-27-11-15(26)25-8-6-24(7-9-25)14-10-20-17(19)16(23-14)18-21-12-4-2-3-5-13(12)22-18/h2-5,10H,6-9,11H2,1H3,(H2,19,20)(H,21,22). The van der Waals surface area contributed by atoms with Crippen molar-refractivity contribution < 1.29 is 9.53 Å². The van der Waals surface area contributed by atoms with Gasteiger partial charge in [-0.05, 0) is 12.1 Å². The number of carbonyl (C=O) groups excluding carboxylic acids is 1. The molecule has 0 spiro atoms. The molecule has 1 fully saturated rings. The highest BCUT2D eigenvalue weighted by molar-refractivity contribution is 5.80. The molecular formula is C18H21N7O2. The van der Waals surface area contributed by atoms with E-state index in [1.165, 1.54) is 7.11 Å². The number of aromatic nitrogens is 4. The molecule has 140 valence electrons. The quantitative estimate of drug-likeness (QED) is 0.704. The minimum Gasteiger partial charge on any atom is -0.382 e. The highest BCUT2D eigenvalue weighted by atomic mass is 16.5. The Morgan fingerprint density at radius 1 is 1.22 bits per heavy atom. The van der Waals surface area contributed by atoms with E-state index in [4.69, 9.17) is 10.5 Å². The van der Waals surface area contributed by atoms with Gasteiger partial charge in [0.05, 0.1) is 17.2 Å². The molecule has 1 amide bonds. The van der Waals surface area contributed by atoms with Crippen LogP contribution in [0.25, 0.3) is 22.6 Å². The summed E-state index contributed by atoms with van der Waals surface area (Å²) in [5.41, 5.74) is 8.35. The van der Waals surface area contributed by atoms with Gasteiger partial charge in [-0.1, -0.05) is 12.1 Å². The lowest BCUT2D eigenvalue weighted by Gasteiger charge is -2.35. The molecule has 1 aliphatic rings. The number of para-hydroxylation sites is 2. The van der Waals surface area contributed by atoms with Gasteiger partial charge in [0.1, 0.15) is 12.4 Å². The first-order valence-corrected chi connectivity index (χ1v) is 8.75. The van der Waals surface area contributed by atoms with Crippen LogP contribution in [0.4, 0.5) is 11.6 Å². The predicted octanol–water partition coefficient (Wildman–Crippen LogP) is 0.897. The van der Waals surface area contributed by atoms with Crippen molar-refractivity contribution in [3.05, 3.63) is 30.5 Å². The SMILES string of the molecule is COCC(=O)N1CCN(c2cnc(N)c(-c3nc4ccccc4[nH]3)n2)CC1. The summed E-state index contributed by atoms with van der Waals surface area (Å²) in [4.78, 5) is 32.6. The second kappa shape index (κ2) is 7.20. The first-order valence-electron chi connectivity index (χ1n) is 8.75. The van der Waals surface area contributed by atoms with Crippen molar-refractivity contribution in [2.45, 2.75) is 0 Å². The largest absolute Gasteiger partial charge is 0.382 e. The number of rotatable bonds is 4. The number of aromatic amines is 1. The Kier molecular flexibility index (Phi) is 4.59. The number of ether oxygens (including phenoxy) is 1. The summed E-state index contributed by atoms with van der Waals surface area (Å²) in [6, 6.07) is 7.76. The molecule has 0 saturated carbocycles. The van der Waals surface area contributed by atoms with Crippen molar-refractivity contribution in [1.29, 1.82) is 0 Å². The van der Waals surface area contributed by atoms with E-state index in [-0.39, 0.29) is 12.5 Å². The highest BCUT2D eigenvalue weighted by Gasteiger charge is 2.23. The van der Waals surface area contributed by atoms with Gasteiger partial charge < -0.3 is 25.3 Å². The lowest BCUT2D eigenvalue weighted by Crippen LogP contribution is -2.50. The van der Waals surface area contributed by atoms with E-state index in [0.717, 1.165) is 16.9 Å². The number of hydrogen-bond donors (Lipinski definition) is 2. The van der Waals surface area contributed by atoms with Crippen molar-refractivity contribution in [2.24, 2.45) is 0 Å². The van der Waals surface area contributed by atoms with Crippen LogP contribution >= 0.6 is 0 Å². The van der Waals surface area contributed by atoms with Gasteiger partial charge in [0, 0.05) is 33.3 Å². The average Bonchev–Trinajstić information content (AvgIpc) is 3.12. The number of imidazole rings is 1. The van der Waals surface area contributed by atoms with Crippen LogP contribution in [0.5, 0.6) is 0 Å². The van der Waals surface area contributed by atoms with E-state index >= 15 is 0 Å². The molecule has 3 N–H and O–H groups in total. The van der Waals surface area contributed by atoms with Gasteiger partial charge >= 0.3 is 0 Å². The number of H-pyrrole nitrogens is 1. The maximum absolute atomic E-state index is 11.9. The Morgan fingerprint density at radius 3 is 2.74 bits per heavy atom.